The van der Waals surface area contributed by atoms with E-state index < -0.39 is 11.9 Å². The number of unbranched alkanes of at least 4 members (excludes halogenated alkanes) is 22. The van der Waals surface area contributed by atoms with Gasteiger partial charge in [0.05, 0.1) is 0 Å². The molecule has 0 aliphatic rings. The molecule has 0 fully saturated rings. The predicted molar refractivity (Wildman–Crippen MR) is 169 cm³/mol. The first kappa shape index (κ1) is 44.5. The topological polar surface area (TPSA) is 80.3 Å². The molecule has 236 valence electrons. The van der Waals surface area contributed by atoms with Crippen LogP contribution in [0.2, 0.25) is 0 Å². The SMILES string of the molecule is CCCCCCCCC=CCCCCCCCC(=O)[O-].CCCCCCCCC=CCCCCCCCC(=O)[O-].[Zn+2]. The molecule has 0 atom stereocenters. The number of carboxylic acids is 2. The minimum Gasteiger partial charge on any atom is -0.550 e. The molecule has 0 saturated heterocycles. The summed E-state index contributed by atoms with van der Waals surface area (Å²) in [7, 11) is 0. The Labute approximate surface area is 268 Å². The normalized spacial score (nSPS) is 11.0. The Morgan fingerprint density at radius 2 is 0.610 bits per heavy atom. The fraction of sp³-hybridized carbons (Fsp3) is 0.833. The van der Waals surface area contributed by atoms with Crippen LogP contribution in [0.1, 0.15) is 194 Å². The van der Waals surface area contributed by atoms with Crippen LogP contribution in [-0.2, 0) is 29.1 Å². The van der Waals surface area contributed by atoms with Gasteiger partial charge < -0.3 is 19.8 Å². The van der Waals surface area contributed by atoms with Crippen LogP contribution in [0.3, 0.4) is 0 Å². The first-order valence-corrected chi connectivity index (χ1v) is 17.2. The van der Waals surface area contributed by atoms with Crippen LogP contribution in [0.5, 0.6) is 0 Å². The van der Waals surface area contributed by atoms with Crippen LogP contribution < -0.4 is 10.2 Å². The van der Waals surface area contributed by atoms with Crippen molar-refractivity contribution in [3.8, 4) is 0 Å². The van der Waals surface area contributed by atoms with Crippen LogP contribution in [0.15, 0.2) is 24.3 Å². The van der Waals surface area contributed by atoms with Gasteiger partial charge in [0.25, 0.3) is 0 Å². The Hall–Kier alpha value is -0.957. The van der Waals surface area contributed by atoms with E-state index in [-0.39, 0.29) is 32.3 Å². The number of allylic oxidation sites excluding steroid dienone is 4. The standard InChI is InChI=1S/2C18H34O2.Zn/c2*1-2-3-4-5-6-7-8-9-10-11-12-13-14-15-16-17-18(19)20;/h2*9-10H,2-8,11-17H2,1H3,(H,19,20);/q;;+2/p-2. The number of carboxylic acid groups (broad SMARTS) is 2. The summed E-state index contributed by atoms with van der Waals surface area (Å²) in [5.41, 5.74) is 0. The van der Waals surface area contributed by atoms with Crippen LogP contribution in [0.25, 0.3) is 0 Å². The fourth-order valence-corrected chi connectivity index (χ4v) is 4.68. The second-order valence-electron chi connectivity index (χ2n) is 11.4. The molecular weight excluding hydrogens is 562 g/mol. The maximum atomic E-state index is 10.2. The molecule has 0 aromatic carbocycles. The molecule has 4 nitrogen and oxygen atoms in total. The van der Waals surface area contributed by atoms with E-state index in [0.29, 0.717) is 0 Å². The van der Waals surface area contributed by atoms with Crippen LogP contribution in [-0.4, -0.2) is 11.9 Å². The first-order chi connectivity index (χ1) is 19.5. The van der Waals surface area contributed by atoms with E-state index in [1.54, 1.807) is 0 Å². The minimum absolute atomic E-state index is 0. The quantitative estimate of drug-likeness (QED) is 0.0451. The summed E-state index contributed by atoms with van der Waals surface area (Å²) < 4.78 is 0. The van der Waals surface area contributed by atoms with Crippen LogP contribution in [0.4, 0.5) is 0 Å². The van der Waals surface area contributed by atoms with Crippen LogP contribution >= 0.6 is 0 Å². The predicted octanol–water partition coefficient (Wildman–Crippen LogP) is 9.55. The number of hydrogen-bond donors (Lipinski definition) is 0. The van der Waals surface area contributed by atoms with E-state index in [9.17, 15) is 19.8 Å². The number of rotatable bonds is 30. The van der Waals surface area contributed by atoms with Crippen molar-refractivity contribution in [1.29, 1.82) is 0 Å². The van der Waals surface area contributed by atoms with Crippen molar-refractivity contribution in [2.45, 2.75) is 194 Å². The molecule has 0 unspecified atom stereocenters. The monoisotopic (exact) mass is 626 g/mol. The summed E-state index contributed by atoms with van der Waals surface area (Å²) in [4.78, 5) is 20.4. The van der Waals surface area contributed by atoms with Gasteiger partial charge >= 0.3 is 19.5 Å². The molecule has 0 saturated carbocycles. The van der Waals surface area contributed by atoms with Crippen molar-refractivity contribution < 1.29 is 39.3 Å². The zero-order valence-electron chi connectivity index (χ0n) is 27.4. The van der Waals surface area contributed by atoms with Crippen molar-refractivity contribution in [1.82, 2.24) is 0 Å². The largest absolute Gasteiger partial charge is 2.00 e. The second kappa shape index (κ2) is 41.2. The third-order valence-corrected chi connectivity index (χ3v) is 7.29. The Bertz CT molecular complexity index is 524. The second-order valence-corrected chi connectivity index (χ2v) is 11.4. The molecule has 0 N–H and O–H groups in total. The maximum Gasteiger partial charge on any atom is 2.00 e. The van der Waals surface area contributed by atoms with Gasteiger partial charge in [0, 0.05) is 11.9 Å². The summed E-state index contributed by atoms with van der Waals surface area (Å²) in [5.74, 6) is -1.83. The Morgan fingerprint density at radius 3 is 0.854 bits per heavy atom. The van der Waals surface area contributed by atoms with Crippen molar-refractivity contribution >= 4 is 11.9 Å². The van der Waals surface area contributed by atoms with E-state index in [1.807, 2.05) is 0 Å². The Kier molecular flexibility index (Phi) is 44.7. The molecule has 0 amide bonds. The molecule has 0 aliphatic carbocycles. The van der Waals surface area contributed by atoms with Crippen LogP contribution in [0, 0.1) is 0 Å². The van der Waals surface area contributed by atoms with Gasteiger partial charge in [-0.25, -0.2) is 0 Å². The molecule has 0 heterocycles. The van der Waals surface area contributed by atoms with Gasteiger partial charge in [0.15, 0.2) is 0 Å². The van der Waals surface area contributed by atoms with Gasteiger partial charge in [0.2, 0.25) is 0 Å². The van der Waals surface area contributed by atoms with Crippen molar-refractivity contribution in [2.75, 3.05) is 0 Å². The van der Waals surface area contributed by atoms with Gasteiger partial charge in [0.1, 0.15) is 0 Å². The van der Waals surface area contributed by atoms with E-state index in [1.165, 1.54) is 128 Å². The number of carbonyl (C=O) groups is 2. The van der Waals surface area contributed by atoms with Gasteiger partial charge in [-0.3, -0.25) is 0 Å². The van der Waals surface area contributed by atoms with Gasteiger partial charge in [-0.1, -0.05) is 141 Å². The summed E-state index contributed by atoms with van der Waals surface area (Å²) in [6.45, 7) is 4.51. The zero-order chi connectivity index (χ0) is 29.8. The first-order valence-electron chi connectivity index (χ1n) is 17.2. The number of hydrogen-bond acceptors (Lipinski definition) is 4. The molecule has 5 heteroatoms. The molecule has 0 spiro atoms. The van der Waals surface area contributed by atoms with Crippen molar-refractivity contribution in [3.05, 3.63) is 24.3 Å². The van der Waals surface area contributed by atoms with E-state index in [2.05, 4.69) is 38.2 Å². The third-order valence-electron chi connectivity index (χ3n) is 7.29. The Morgan fingerprint density at radius 1 is 0.390 bits per heavy atom. The van der Waals surface area contributed by atoms with Gasteiger partial charge in [-0.2, -0.15) is 0 Å². The third kappa shape index (κ3) is 49.1. The average molecular weight is 628 g/mol. The van der Waals surface area contributed by atoms with Crippen molar-refractivity contribution in [2.24, 2.45) is 0 Å². The maximum absolute atomic E-state index is 10.2. The molecule has 41 heavy (non-hydrogen) atoms. The smallest absolute Gasteiger partial charge is 0.550 e. The van der Waals surface area contributed by atoms with E-state index in [0.717, 1.165) is 38.5 Å². The fourth-order valence-electron chi connectivity index (χ4n) is 4.68. The van der Waals surface area contributed by atoms with E-state index in [4.69, 9.17) is 0 Å². The molecule has 0 aromatic rings. The molecular formula is C36H66O4Zn. The average Bonchev–Trinajstić information content (AvgIpc) is 2.93. The zero-order valence-corrected chi connectivity index (χ0v) is 30.4. The van der Waals surface area contributed by atoms with Gasteiger partial charge in [-0.05, 0) is 77.0 Å². The molecule has 0 bridgehead atoms. The number of aliphatic carboxylic acids is 2. The molecule has 0 aromatic heterocycles. The molecule has 0 aliphatic heterocycles. The summed E-state index contributed by atoms with van der Waals surface area (Å²) >= 11 is 0. The summed E-state index contributed by atoms with van der Waals surface area (Å²) in [6, 6.07) is 0. The van der Waals surface area contributed by atoms with E-state index >= 15 is 0 Å². The number of carbonyl (C=O) groups excluding carboxylic acids is 2. The minimum atomic E-state index is -0.914. The molecule has 0 radical (unpaired) electrons. The summed E-state index contributed by atoms with van der Waals surface area (Å²) in [5, 5.41) is 20.4. The molecule has 0 rings (SSSR count). The van der Waals surface area contributed by atoms with Crippen molar-refractivity contribution in [3.63, 3.8) is 0 Å². The Balaban J connectivity index is -0.000000688. The van der Waals surface area contributed by atoms with Gasteiger partial charge in [-0.15, -0.1) is 0 Å². The summed E-state index contributed by atoms with van der Waals surface area (Å²) in [6.07, 6.45) is 41.8.